The Morgan fingerprint density at radius 3 is 2.52 bits per heavy atom. The number of halogens is 2. The maximum Gasteiger partial charge on any atom is 0.387 e. The standard InChI is InChI=1S/C21H24F2N2O4/c1-13-9-16(20-18(27-2)5-4-6-19(20)28-3)25(17(13)12-26)11-14-10-15(7-8-24-14)29-21(22)23/h4-8,10,12-13,16-17,21H,9,11H2,1-3H3. The van der Waals surface area contributed by atoms with Crippen LogP contribution in [-0.2, 0) is 11.3 Å². The summed E-state index contributed by atoms with van der Waals surface area (Å²) in [7, 11) is 3.18. The van der Waals surface area contributed by atoms with E-state index in [9.17, 15) is 13.6 Å². The quantitative estimate of drug-likeness (QED) is 0.621. The van der Waals surface area contributed by atoms with Gasteiger partial charge in [0.2, 0.25) is 0 Å². The van der Waals surface area contributed by atoms with Crippen molar-refractivity contribution in [1.29, 1.82) is 0 Å². The van der Waals surface area contributed by atoms with Crippen LogP contribution in [0.1, 0.15) is 30.6 Å². The van der Waals surface area contributed by atoms with Crippen molar-refractivity contribution >= 4 is 6.29 Å². The summed E-state index contributed by atoms with van der Waals surface area (Å²) in [4.78, 5) is 18.1. The maximum absolute atomic E-state index is 12.5. The third-order valence-electron chi connectivity index (χ3n) is 5.26. The van der Waals surface area contributed by atoms with E-state index in [0.717, 1.165) is 11.8 Å². The van der Waals surface area contributed by atoms with E-state index in [1.165, 1.54) is 18.3 Å². The number of aldehydes is 1. The number of benzene rings is 1. The zero-order chi connectivity index (χ0) is 21.0. The van der Waals surface area contributed by atoms with Gasteiger partial charge < -0.3 is 19.0 Å². The number of carbonyl (C=O) groups is 1. The zero-order valence-electron chi connectivity index (χ0n) is 16.5. The molecule has 1 aromatic carbocycles. The highest BCUT2D eigenvalue weighted by atomic mass is 19.3. The van der Waals surface area contributed by atoms with Gasteiger partial charge in [-0.05, 0) is 30.5 Å². The number of carbonyl (C=O) groups excluding carboxylic acids is 1. The average Bonchev–Trinajstić information content (AvgIpc) is 3.01. The molecule has 0 aliphatic carbocycles. The van der Waals surface area contributed by atoms with Crippen molar-refractivity contribution in [2.75, 3.05) is 14.2 Å². The maximum atomic E-state index is 12.5. The van der Waals surface area contributed by atoms with Crippen molar-refractivity contribution in [2.24, 2.45) is 5.92 Å². The van der Waals surface area contributed by atoms with Crippen molar-refractivity contribution < 1.29 is 27.8 Å². The molecule has 2 heterocycles. The number of ether oxygens (including phenoxy) is 3. The van der Waals surface area contributed by atoms with E-state index < -0.39 is 6.61 Å². The molecule has 156 valence electrons. The lowest BCUT2D eigenvalue weighted by Gasteiger charge is -2.29. The van der Waals surface area contributed by atoms with Crippen LogP contribution in [0.3, 0.4) is 0 Å². The summed E-state index contributed by atoms with van der Waals surface area (Å²) < 4.78 is 40.7. The Kier molecular flexibility index (Phi) is 6.64. The summed E-state index contributed by atoms with van der Waals surface area (Å²) in [5, 5.41) is 0. The first kappa shape index (κ1) is 21.0. The molecule has 1 aliphatic heterocycles. The Bertz CT molecular complexity index is 827. The summed E-state index contributed by atoms with van der Waals surface area (Å²) in [6.45, 7) is -0.608. The lowest BCUT2D eigenvalue weighted by Crippen LogP contribution is -2.35. The highest BCUT2D eigenvalue weighted by molar-refractivity contribution is 5.60. The van der Waals surface area contributed by atoms with Gasteiger partial charge >= 0.3 is 6.61 Å². The number of hydrogen-bond donors (Lipinski definition) is 0. The lowest BCUT2D eigenvalue weighted by molar-refractivity contribution is -0.113. The molecule has 3 rings (SSSR count). The average molecular weight is 406 g/mol. The van der Waals surface area contributed by atoms with Gasteiger partial charge in [-0.1, -0.05) is 13.0 Å². The predicted octanol–water partition coefficient (Wildman–Crippen LogP) is 3.85. The van der Waals surface area contributed by atoms with E-state index in [0.29, 0.717) is 30.2 Å². The number of alkyl halides is 2. The van der Waals surface area contributed by atoms with E-state index in [4.69, 9.17) is 9.47 Å². The van der Waals surface area contributed by atoms with Gasteiger partial charge in [0, 0.05) is 24.8 Å². The van der Waals surface area contributed by atoms with Gasteiger partial charge in [0.15, 0.2) is 0 Å². The molecule has 1 saturated heterocycles. The molecule has 0 saturated carbocycles. The highest BCUT2D eigenvalue weighted by Gasteiger charge is 2.42. The minimum absolute atomic E-state index is 0.0336. The molecule has 1 aromatic heterocycles. The first-order valence-electron chi connectivity index (χ1n) is 9.30. The second-order valence-corrected chi connectivity index (χ2v) is 6.97. The topological polar surface area (TPSA) is 60.9 Å². The Hall–Kier alpha value is -2.74. The fourth-order valence-electron chi connectivity index (χ4n) is 3.99. The molecule has 8 heteroatoms. The second kappa shape index (κ2) is 9.17. The number of hydrogen-bond acceptors (Lipinski definition) is 6. The van der Waals surface area contributed by atoms with E-state index in [1.54, 1.807) is 14.2 Å². The summed E-state index contributed by atoms with van der Waals surface area (Å²) in [5.74, 6) is 1.46. The van der Waals surface area contributed by atoms with Crippen LogP contribution in [-0.4, -0.2) is 43.0 Å². The summed E-state index contributed by atoms with van der Waals surface area (Å²) in [5.41, 5.74) is 1.39. The Morgan fingerprint density at radius 1 is 1.24 bits per heavy atom. The van der Waals surface area contributed by atoms with Gasteiger partial charge in [0.25, 0.3) is 0 Å². The summed E-state index contributed by atoms with van der Waals surface area (Å²) >= 11 is 0. The molecule has 29 heavy (non-hydrogen) atoms. The normalized spacial score (nSPS) is 21.9. The molecule has 0 N–H and O–H groups in total. The molecule has 0 spiro atoms. The van der Waals surface area contributed by atoms with Crippen LogP contribution < -0.4 is 14.2 Å². The van der Waals surface area contributed by atoms with Crippen LogP contribution in [0.4, 0.5) is 8.78 Å². The zero-order valence-corrected chi connectivity index (χ0v) is 16.5. The van der Waals surface area contributed by atoms with Crippen molar-refractivity contribution in [1.82, 2.24) is 9.88 Å². The van der Waals surface area contributed by atoms with Gasteiger partial charge in [-0.3, -0.25) is 9.88 Å². The Morgan fingerprint density at radius 2 is 1.93 bits per heavy atom. The van der Waals surface area contributed by atoms with Crippen LogP contribution in [0.25, 0.3) is 0 Å². The van der Waals surface area contributed by atoms with Gasteiger partial charge in [-0.25, -0.2) is 0 Å². The molecule has 1 aliphatic rings. The third kappa shape index (κ3) is 4.48. The van der Waals surface area contributed by atoms with Crippen LogP contribution >= 0.6 is 0 Å². The van der Waals surface area contributed by atoms with Crippen LogP contribution in [0.5, 0.6) is 17.2 Å². The Balaban J connectivity index is 1.98. The van der Waals surface area contributed by atoms with Gasteiger partial charge in [0.05, 0.1) is 31.5 Å². The van der Waals surface area contributed by atoms with Crippen LogP contribution in [0.15, 0.2) is 36.5 Å². The molecule has 3 atom stereocenters. The monoisotopic (exact) mass is 406 g/mol. The molecule has 6 nitrogen and oxygen atoms in total. The van der Waals surface area contributed by atoms with E-state index >= 15 is 0 Å². The minimum Gasteiger partial charge on any atom is -0.496 e. The number of nitrogens with zero attached hydrogens (tertiary/aromatic N) is 2. The van der Waals surface area contributed by atoms with Crippen LogP contribution in [0, 0.1) is 5.92 Å². The number of rotatable bonds is 8. The number of pyridine rings is 1. The van der Waals surface area contributed by atoms with Crippen molar-refractivity contribution in [3.8, 4) is 17.2 Å². The van der Waals surface area contributed by atoms with Gasteiger partial charge in [-0.2, -0.15) is 8.78 Å². The van der Waals surface area contributed by atoms with Crippen molar-refractivity contribution in [2.45, 2.75) is 38.6 Å². The van der Waals surface area contributed by atoms with E-state index in [2.05, 4.69) is 9.72 Å². The molecule has 3 unspecified atom stereocenters. The van der Waals surface area contributed by atoms with Crippen molar-refractivity contribution in [3.05, 3.63) is 47.8 Å². The van der Waals surface area contributed by atoms with Gasteiger partial charge in [0.1, 0.15) is 23.5 Å². The summed E-state index contributed by atoms with van der Waals surface area (Å²) in [6, 6.07) is 7.87. The third-order valence-corrected chi connectivity index (χ3v) is 5.26. The molecule has 1 fully saturated rings. The molecule has 0 radical (unpaired) electrons. The van der Waals surface area contributed by atoms with E-state index in [1.807, 2.05) is 30.0 Å². The molecule has 2 aromatic rings. The first-order chi connectivity index (χ1) is 14.0. The fraction of sp³-hybridized carbons (Fsp3) is 0.429. The number of aromatic nitrogens is 1. The van der Waals surface area contributed by atoms with Crippen molar-refractivity contribution in [3.63, 3.8) is 0 Å². The smallest absolute Gasteiger partial charge is 0.387 e. The molecular formula is C21H24F2N2O4. The molecule has 0 bridgehead atoms. The Labute approximate surface area is 168 Å². The molecule has 0 amide bonds. The predicted molar refractivity (Wildman–Crippen MR) is 102 cm³/mol. The van der Waals surface area contributed by atoms with Crippen LogP contribution in [0.2, 0.25) is 0 Å². The number of methoxy groups -OCH3 is 2. The minimum atomic E-state index is -2.91. The first-order valence-corrected chi connectivity index (χ1v) is 9.30. The van der Waals surface area contributed by atoms with Gasteiger partial charge in [-0.15, -0.1) is 0 Å². The highest BCUT2D eigenvalue weighted by Crippen LogP contribution is 2.46. The SMILES string of the molecule is COc1cccc(OC)c1C1CC(C)C(C=O)N1Cc1cc(OC(F)F)ccn1. The summed E-state index contributed by atoms with van der Waals surface area (Å²) in [6.07, 6.45) is 3.06. The number of likely N-dealkylation sites (tertiary alicyclic amines) is 1. The lowest BCUT2D eigenvalue weighted by atomic mass is 9.97. The largest absolute Gasteiger partial charge is 0.496 e. The second-order valence-electron chi connectivity index (χ2n) is 6.97. The molecular weight excluding hydrogens is 382 g/mol. The fourth-order valence-corrected chi connectivity index (χ4v) is 3.99. The van der Waals surface area contributed by atoms with E-state index in [-0.39, 0.29) is 23.8 Å².